The summed E-state index contributed by atoms with van der Waals surface area (Å²) in [5, 5.41) is 0. The van der Waals surface area contributed by atoms with Crippen LogP contribution in [0.1, 0.15) is 10.4 Å². The molecule has 1 amide bonds. The summed E-state index contributed by atoms with van der Waals surface area (Å²) < 4.78 is 41.5. The van der Waals surface area contributed by atoms with E-state index in [4.69, 9.17) is 4.42 Å². The van der Waals surface area contributed by atoms with Gasteiger partial charge in [-0.2, -0.15) is 13.2 Å². The molecule has 9 heteroatoms. The van der Waals surface area contributed by atoms with Crippen molar-refractivity contribution in [3.05, 3.63) is 34.3 Å². The highest BCUT2D eigenvalue weighted by atomic mass is 19.4. The van der Waals surface area contributed by atoms with Crippen LogP contribution in [0.25, 0.3) is 11.1 Å². The average Bonchev–Trinajstić information content (AvgIpc) is 2.74. The highest BCUT2D eigenvalue weighted by Gasteiger charge is 2.48. The smallest absolute Gasteiger partial charge is 0.408 e. The molecule has 1 aliphatic rings. The van der Waals surface area contributed by atoms with Gasteiger partial charge in [0.25, 0.3) is 0 Å². The standard InChI is InChI=1S/C13H9F3N2O4/c14-13(15,16)11(20)18-4-7(5-18)10(19)6-1-2-9-8(3-6)17-12(21)22-9/h1-3,7H,4-5H2,(H,17,21). The van der Waals surface area contributed by atoms with Gasteiger partial charge in [0.1, 0.15) is 0 Å². The summed E-state index contributed by atoms with van der Waals surface area (Å²) >= 11 is 0. The predicted molar refractivity (Wildman–Crippen MR) is 67.3 cm³/mol. The third-order valence-electron chi connectivity index (χ3n) is 3.49. The predicted octanol–water partition coefficient (Wildman–Crippen LogP) is 1.32. The van der Waals surface area contributed by atoms with Gasteiger partial charge in [-0.1, -0.05) is 0 Å². The third-order valence-corrected chi connectivity index (χ3v) is 3.49. The Hall–Kier alpha value is -2.58. The molecule has 1 N–H and O–H groups in total. The first-order valence-corrected chi connectivity index (χ1v) is 6.29. The van der Waals surface area contributed by atoms with Crippen molar-refractivity contribution in [2.24, 2.45) is 5.92 Å². The second kappa shape index (κ2) is 4.72. The monoisotopic (exact) mass is 314 g/mol. The number of nitrogens with one attached hydrogen (secondary N) is 1. The van der Waals surface area contributed by atoms with Crippen molar-refractivity contribution in [1.82, 2.24) is 9.88 Å². The number of hydrogen-bond donors (Lipinski definition) is 1. The SMILES string of the molecule is O=C(c1ccc2oc(=O)[nH]c2c1)C1CN(C(=O)C(F)(F)F)C1. The minimum atomic E-state index is -4.93. The molecule has 0 unspecified atom stereocenters. The Bertz CT molecular complexity index is 815. The van der Waals surface area contributed by atoms with Crippen molar-refractivity contribution in [1.29, 1.82) is 0 Å². The topological polar surface area (TPSA) is 83.4 Å². The number of H-pyrrole nitrogens is 1. The molecule has 1 saturated heterocycles. The van der Waals surface area contributed by atoms with Crippen molar-refractivity contribution in [3.63, 3.8) is 0 Å². The molecular formula is C13H9F3N2O4. The first-order valence-electron chi connectivity index (χ1n) is 6.29. The summed E-state index contributed by atoms with van der Waals surface area (Å²) in [6.07, 6.45) is -4.93. The van der Waals surface area contributed by atoms with E-state index in [9.17, 15) is 27.6 Å². The zero-order chi connectivity index (χ0) is 16.1. The first-order chi connectivity index (χ1) is 10.3. The lowest BCUT2D eigenvalue weighted by molar-refractivity contribution is -0.190. The number of rotatable bonds is 2. The number of ketones is 1. The van der Waals surface area contributed by atoms with Gasteiger partial charge in [-0.25, -0.2) is 4.79 Å². The van der Waals surface area contributed by atoms with E-state index >= 15 is 0 Å². The molecule has 0 spiro atoms. The van der Waals surface area contributed by atoms with Gasteiger partial charge in [0, 0.05) is 18.7 Å². The number of fused-ring (bicyclic) bond motifs is 1. The number of hydrogen-bond acceptors (Lipinski definition) is 4. The fourth-order valence-corrected chi connectivity index (χ4v) is 2.33. The fraction of sp³-hybridized carbons (Fsp3) is 0.308. The van der Waals surface area contributed by atoms with Gasteiger partial charge in [-0.3, -0.25) is 14.6 Å². The van der Waals surface area contributed by atoms with Gasteiger partial charge in [0.15, 0.2) is 11.4 Å². The molecule has 1 aromatic heterocycles. The number of amides is 1. The van der Waals surface area contributed by atoms with Crippen molar-refractivity contribution < 1.29 is 27.2 Å². The number of oxazole rings is 1. The number of likely N-dealkylation sites (tertiary alicyclic amines) is 1. The van der Waals surface area contributed by atoms with Crippen molar-refractivity contribution >= 4 is 22.8 Å². The van der Waals surface area contributed by atoms with Crippen LogP contribution in [0, 0.1) is 5.92 Å². The summed E-state index contributed by atoms with van der Waals surface area (Å²) in [5.74, 6) is -3.66. The molecule has 0 bridgehead atoms. The second-order valence-electron chi connectivity index (χ2n) is 4.99. The Morgan fingerprint density at radius 1 is 1.27 bits per heavy atom. The van der Waals surface area contributed by atoms with Crippen molar-refractivity contribution in [3.8, 4) is 0 Å². The van der Waals surface area contributed by atoms with Gasteiger partial charge in [-0.05, 0) is 18.2 Å². The Kier molecular flexibility index (Phi) is 3.08. The van der Waals surface area contributed by atoms with Crippen molar-refractivity contribution in [2.45, 2.75) is 6.18 Å². The number of Topliss-reactive ketones (excluding diaryl/α,β-unsaturated/α-hetero) is 1. The van der Waals surface area contributed by atoms with Crippen LogP contribution in [-0.4, -0.2) is 40.8 Å². The first kappa shape index (κ1) is 14.4. The normalized spacial score (nSPS) is 15.9. The molecule has 2 heterocycles. The van der Waals surface area contributed by atoms with E-state index in [2.05, 4.69) is 4.98 Å². The number of nitrogens with zero attached hydrogens (tertiary/aromatic N) is 1. The fourth-order valence-electron chi connectivity index (χ4n) is 2.33. The highest BCUT2D eigenvalue weighted by molar-refractivity contribution is 6.01. The van der Waals surface area contributed by atoms with Crippen LogP contribution in [0.15, 0.2) is 27.4 Å². The number of benzene rings is 1. The number of carbonyl (C=O) groups is 2. The van der Waals surface area contributed by atoms with Crippen molar-refractivity contribution in [2.75, 3.05) is 13.1 Å². The summed E-state index contributed by atoms with van der Waals surface area (Å²) in [7, 11) is 0. The summed E-state index contributed by atoms with van der Waals surface area (Å²) in [4.78, 5) is 37.1. The molecule has 6 nitrogen and oxygen atoms in total. The molecule has 22 heavy (non-hydrogen) atoms. The Morgan fingerprint density at radius 2 is 1.95 bits per heavy atom. The molecule has 0 radical (unpaired) electrons. The van der Waals surface area contributed by atoms with Gasteiger partial charge in [0.05, 0.1) is 11.4 Å². The Balaban J connectivity index is 1.72. The van der Waals surface area contributed by atoms with E-state index in [-0.39, 0.29) is 30.0 Å². The van der Waals surface area contributed by atoms with E-state index in [1.165, 1.54) is 18.2 Å². The molecule has 1 fully saturated rings. The quantitative estimate of drug-likeness (QED) is 0.848. The molecule has 2 aromatic rings. The maximum absolute atomic E-state index is 12.2. The maximum Gasteiger partial charge on any atom is 0.471 e. The third kappa shape index (κ3) is 2.38. The van der Waals surface area contributed by atoms with Crippen LogP contribution in [-0.2, 0) is 4.79 Å². The maximum atomic E-state index is 12.2. The van der Waals surface area contributed by atoms with Crippen LogP contribution in [0.3, 0.4) is 0 Å². The summed E-state index contributed by atoms with van der Waals surface area (Å²) in [6.45, 7) is -0.533. The van der Waals surface area contributed by atoms with E-state index in [1.807, 2.05) is 0 Å². The molecule has 0 aliphatic carbocycles. The summed E-state index contributed by atoms with van der Waals surface area (Å²) in [5.41, 5.74) is 0.857. The average molecular weight is 314 g/mol. The number of halogens is 3. The lowest BCUT2D eigenvalue weighted by atomic mass is 9.90. The van der Waals surface area contributed by atoms with Crippen LogP contribution < -0.4 is 5.76 Å². The second-order valence-corrected chi connectivity index (χ2v) is 4.99. The Labute approximate surface area is 120 Å². The van der Waals surface area contributed by atoms with Crippen LogP contribution in [0.2, 0.25) is 0 Å². The molecule has 1 aromatic carbocycles. The lowest BCUT2D eigenvalue weighted by Crippen LogP contribution is -2.56. The van der Waals surface area contributed by atoms with E-state index < -0.39 is 23.8 Å². The number of aromatic amines is 1. The molecular weight excluding hydrogens is 305 g/mol. The van der Waals surface area contributed by atoms with Crippen LogP contribution in [0.4, 0.5) is 13.2 Å². The van der Waals surface area contributed by atoms with E-state index in [1.54, 1.807) is 0 Å². The molecule has 1 aliphatic heterocycles. The number of alkyl halides is 3. The molecule has 116 valence electrons. The van der Waals surface area contributed by atoms with Gasteiger partial charge in [0.2, 0.25) is 0 Å². The highest BCUT2D eigenvalue weighted by Crippen LogP contribution is 2.27. The Morgan fingerprint density at radius 3 is 2.59 bits per heavy atom. The van der Waals surface area contributed by atoms with Gasteiger partial charge < -0.3 is 9.32 Å². The van der Waals surface area contributed by atoms with E-state index in [0.29, 0.717) is 10.4 Å². The summed E-state index contributed by atoms with van der Waals surface area (Å²) in [6, 6.07) is 4.25. The lowest BCUT2D eigenvalue weighted by Gasteiger charge is -2.38. The number of aromatic nitrogens is 1. The van der Waals surface area contributed by atoms with Crippen LogP contribution >= 0.6 is 0 Å². The van der Waals surface area contributed by atoms with Gasteiger partial charge in [-0.15, -0.1) is 0 Å². The van der Waals surface area contributed by atoms with Crippen LogP contribution in [0.5, 0.6) is 0 Å². The van der Waals surface area contributed by atoms with E-state index in [0.717, 1.165) is 0 Å². The zero-order valence-corrected chi connectivity index (χ0v) is 10.9. The van der Waals surface area contributed by atoms with Gasteiger partial charge >= 0.3 is 17.8 Å². The number of carbonyl (C=O) groups excluding carboxylic acids is 2. The minimum absolute atomic E-state index is 0.244. The minimum Gasteiger partial charge on any atom is -0.408 e. The largest absolute Gasteiger partial charge is 0.471 e. The molecule has 0 saturated carbocycles. The zero-order valence-electron chi connectivity index (χ0n) is 10.9. The molecule has 0 atom stereocenters. The molecule has 3 rings (SSSR count).